The number of amides is 1. The first kappa shape index (κ1) is 20.6. The normalized spacial score (nSPS) is 11.5. The maximum Gasteiger partial charge on any atom is 0.263 e. The Morgan fingerprint density at radius 3 is 2.45 bits per heavy atom. The molecular weight excluding hydrogens is 364 g/mol. The summed E-state index contributed by atoms with van der Waals surface area (Å²) >= 11 is 0. The predicted octanol–water partition coefficient (Wildman–Crippen LogP) is 4.71. The minimum atomic E-state index is -0.254. The van der Waals surface area contributed by atoms with Crippen molar-refractivity contribution in [3.05, 3.63) is 66.0 Å². The molecule has 2 heterocycles. The van der Waals surface area contributed by atoms with Crippen LogP contribution in [0, 0.1) is 0 Å². The summed E-state index contributed by atoms with van der Waals surface area (Å²) in [7, 11) is 0. The highest BCUT2D eigenvalue weighted by Gasteiger charge is 2.22. The highest BCUT2D eigenvalue weighted by atomic mass is 16.5. The van der Waals surface area contributed by atoms with E-state index in [1.807, 2.05) is 48.5 Å². The first-order valence-corrected chi connectivity index (χ1v) is 9.78. The zero-order valence-corrected chi connectivity index (χ0v) is 17.6. The van der Waals surface area contributed by atoms with Crippen molar-refractivity contribution in [1.82, 2.24) is 14.8 Å². The highest BCUT2D eigenvalue weighted by Crippen LogP contribution is 2.26. The second-order valence-electron chi connectivity index (χ2n) is 8.33. The molecule has 0 fully saturated rings. The van der Waals surface area contributed by atoms with Crippen molar-refractivity contribution in [1.29, 1.82) is 0 Å². The minimum absolute atomic E-state index is 0.0841. The lowest BCUT2D eigenvalue weighted by atomic mass is 9.92. The number of nitrogens with zero attached hydrogens (tertiary/aromatic N) is 3. The average Bonchev–Trinajstić information content (AvgIpc) is 3.11. The number of rotatable bonds is 6. The standard InChI is InChI=1S/C23H28N4O2/c1-16(2)17-9-11-18(12-10-17)29-15-22(28)25-21-14-19(23(3,4)5)26-27(21)20-8-6-7-13-24-20/h6-14,16H,15H2,1-5H3,(H,25,28). The number of carbonyl (C=O) groups is 1. The van der Waals surface area contributed by atoms with Crippen molar-refractivity contribution >= 4 is 11.7 Å². The third-order valence-electron chi connectivity index (χ3n) is 4.53. The molecule has 6 nitrogen and oxygen atoms in total. The van der Waals surface area contributed by atoms with Gasteiger partial charge in [0.15, 0.2) is 12.4 Å². The number of hydrogen-bond acceptors (Lipinski definition) is 4. The fraction of sp³-hybridized carbons (Fsp3) is 0.348. The van der Waals surface area contributed by atoms with E-state index in [1.54, 1.807) is 10.9 Å². The van der Waals surface area contributed by atoms with Gasteiger partial charge in [0.2, 0.25) is 0 Å². The SMILES string of the molecule is CC(C)c1ccc(OCC(=O)Nc2cc(C(C)(C)C)nn2-c2ccccn2)cc1. The molecule has 0 saturated carbocycles. The van der Waals surface area contributed by atoms with Crippen LogP contribution in [0.2, 0.25) is 0 Å². The minimum Gasteiger partial charge on any atom is -0.484 e. The van der Waals surface area contributed by atoms with Crippen LogP contribution in [0.4, 0.5) is 5.82 Å². The van der Waals surface area contributed by atoms with E-state index in [9.17, 15) is 4.79 Å². The van der Waals surface area contributed by atoms with Crippen molar-refractivity contribution in [3.63, 3.8) is 0 Å². The van der Waals surface area contributed by atoms with Crippen molar-refractivity contribution in [2.24, 2.45) is 0 Å². The Morgan fingerprint density at radius 2 is 1.86 bits per heavy atom. The molecule has 0 aliphatic carbocycles. The van der Waals surface area contributed by atoms with E-state index in [0.717, 1.165) is 5.69 Å². The van der Waals surface area contributed by atoms with Gasteiger partial charge in [0.25, 0.3) is 5.91 Å². The fourth-order valence-electron chi connectivity index (χ4n) is 2.77. The second kappa shape index (κ2) is 8.47. The third-order valence-corrected chi connectivity index (χ3v) is 4.53. The molecule has 2 aromatic heterocycles. The Labute approximate surface area is 171 Å². The van der Waals surface area contributed by atoms with E-state index >= 15 is 0 Å². The van der Waals surface area contributed by atoms with Gasteiger partial charge >= 0.3 is 0 Å². The van der Waals surface area contributed by atoms with E-state index < -0.39 is 0 Å². The Morgan fingerprint density at radius 1 is 1.14 bits per heavy atom. The van der Waals surface area contributed by atoms with Gasteiger partial charge in [-0.3, -0.25) is 4.79 Å². The van der Waals surface area contributed by atoms with Gasteiger partial charge in [-0.2, -0.15) is 9.78 Å². The smallest absolute Gasteiger partial charge is 0.263 e. The van der Waals surface area contributed by atoms with E-state index in [-0.39, 0.29) is 17.9 Å². The van der Waals surface area contributed by atoms with Gasteiger partial charge in [-0.1, -0.05) is 52.8 Å². The molecule has 0 saturated heterocycles. The van der Waals surface area contributed by atoms with E-state index in [2.05, 4.69) is 50.0 Å². The summed E-state index contributed by atoms with van der Waals surface area (Å²) in [5.41, 5.74) is 1.94. The summed E-state index contributed by atoms with van der Waals surface area (Å²) in [6.07, 6.45) is 1.70. The number of nitrogens with one attached hydrogen (secondary N) is 1. The van der Waals surface area contributed by atoms with Gasteiger partial charge in [-0.25, -0.2) is 4.98 Å². The maximum atomic E-state index is 12.5. The molecule has 152 valence electrons. The molecular formula is C23H28N4O2. The average molecular weight is 393 g/mol. The first-order chi connectivity index (χ1) is 13.7. The molecule has 1 amide bonds. The topological polar surface area (TPSA) is 69.0 Å². The van der Waals surface area contributed by atoms with Crippen molar-refractivity contribution in [3.8, 4) is 11.6 Å². The molecule has 0 aliphatic heterocycles. The zero-order chi connectivity index (χ0) is 21.0. The molecule has 0 bridgehead atoms. The number of aromatic nitrogens is 3. The molecule has 0 spiro atoms. The summed E-state index contributed by atoms with van der Waals surface area (Å²) in [6, 6.07) is 15.3. The Kier molecular flexibility index (Phi) is 6.01. The van der Waals surface area contributed by atoms with Gasteiger partial charge in [0, 0.05) is 17.7 Å². The number of benzene rings is 1. The number of carbonyl (C=O) groups excluding carboxylic acids is 1. The van der Waals surface area contributed by atoms with Crippen LogP contribution in [0.5, 0.6) is 5.75 Å². The Balaban J connectivity index is 1.73. The first-order valence-electron chi connectivity index (χ1n) is 9.78. The molecule has 6 heteroatoms. The van der Waals surface area contributed by atoms with E-state index in [4.69, 9.17) is 4.74 Å². The van der Waals surface area contributed by atoms with Gasteiger partial charge in [0.05, 0.1) is 5.69 Å². The molecule has 29 heavy (non-hydrogen) atoms. The molecule has 1 aromatic carbocycles. The van der Waals surface area contributed by atoms with Gasteiger partial charge < -0.3 is 10.1 Å². The lowest BCUT2D eigenvalue weighted by molar-refractivity contribution is -0.118. The number of hydrogen-bond donors (Lipinski definition) is 1. The van der Waals surface area contributed by atoms with Crippen LogP contribution in [-0.4, -0.2) is 27.3 Å². The van der Waals surface area contributed by atoms with Crippen LogP contribution in [0.3, 0.4) is 0 Å². The van der Waals surface area contributed by atoms with Gasteiger partial charge in [0.1, 0.15) is 11.6 Å². The second-order valence-corrected chi connectivity index (χ2v) is 8.33. The monoisotopic (exact) mass is 392 g/mol. The summed E-state index contributed by atoms with van der Waals surface area (Å²) < 4.78 is 7.29. The van der Waals surface area contributed by atoms with Crippen molar-refractivity contribution < 1.29 is 9.53 Å². The highest BCUT2D eigenvalue weighted by molar-refractivity contribution is 5.91. The van der Waals surface area contributed by atoms with Crippen LogP contribution in [-0.2, 0) is 10.2 Å². The quantitative estimate of drug-likeness (QED) is 0.660. The number of anilines is 1. The Hall–Kier alpha value is -3.15. The molecule has 3 rings (SSSR count). The van der Waals surface area contributed by atoms with Crippen molar-refractivity contribution in [2.45, 2.75) is 46.0 Å². The molecule has 1 N–H and O–H groups in total. The third kappa shape index (κ3) is 5.22. The lowest BCUT2D eigenvalue weighted by Gasteiger charge is -2.13. The maximum absolute atomic E-state index is 12.5. The van der Waals surface area contributed by atoms with Crippen LogP contribution in [0.1, 0.15) is 51.8 Å². The van der Waals surface area contributed by atoms with Crippen LogP contribution in [0.15, 0.2) is 54.7 Å². The molecule has 3 aromatic rings. The predicted molar refractivity (Wildman–Crippen MR) is 115 cm³/mol. The summed E-state index contributed by atoms with van der Waals surface area (Å²) in [4.78, 5) is 16.9. The van der Waals surface area contributed by atoms with Crippen molar-refractivity contribution in [2.75, 3.05) is 11.9 Å². The van der Waals surface area contributed by atoms with Crippen LogP contribution in [0.25, 0.3) is 5.82 Å². The Bertz CT molecular complexity index is 955. The lowest BCUT2D eigenvalue weighted by Crippen LogP contribution is -2.22. The molecule has 0 atom stereocenters. The van der Waals surface area contributed by atoms with E-state index in [0.29, 0.717) is 23.3 Å². The zero-order valence-electron chi connectivity index (χ0n) is 17.6. The molecule has 0 aliphatic rings. The molecule has 0 unspecified atom stereocenters. The fourth-order valence-corrected chi connectivity index (χ4v) is 2.77. The van der Waals surface area contributed by atoms with Gasteiger partial charge in [-0.15, -0.1) is 0 Å². The van der Waals surface area contributed by atoms with E-state index in [1.165, 1.54) is 5.56 Å². The van der Waals surface area contributed by atoms with Gasteiger partial charge in [-0.05, 0) is 35.7 Å². The number of pyridine rings is 1. The summed E-state index contributed by atoms with van der Waals surface area (Å²) in [5, 5.41) is 7.55. The summed E-state index contributed by atoms with van der Waals surface area (Å²) in [6.45, 7) is 10.4. The van der Waals surface area contributed by atoms with Crippen LogP contribution >= 0.6 is 0 Å². The van der Waals surface area contributed by atoms with Crippen LogP contribution < -0.4 is 10.1 Å². The molecule has 0 radical (unpaired) electrons. The summed E-state index contributed by atoms with van der Waals surface area (Å²) in [5.74, 6) is 2.07. The largest absolute Gasteiger partial charge is 0.484 e. The number of ether oxygens (including phenoxy) is 1.